The summed E-state index contributed by atoms with van der Waals surface area (Å²) in [5, 5.41) is 10.7. The van der Waals surface area contributed by atoms with E-state index in [1.54, 1.807) is 12.4 Å². The fourth-order valence-corrected chi connectivity index (χ4v) is 2.94. The molecule has 0 aromatic carbocycles. The first-order valence-electron chi connectivity index (χ1n) is 7.84. The fourth-order valence-electron chi connectivity index (χ4n) is 2.94. The zero-order chi connectivity index (χ0) is 15.6. The number of nitrogens with one attached hydrogen (secondary N) is 2. The standard InChI is InChI=1S/C17H18N6/c1-11-8-13(23-22-11)10-19-17-14-5-2-6-15(14)20-16(21-17)12-4-3-7-18-9-12/h3-4,7-9H,2,5-6,10H2,1H3,(H,22,23)(H,19,20,21). The summed E-state index contributed by atoms with van der Waals surface area (Å²) in [5.74, 6) is 1.66. The molecule has 0 aliphatic heterocycles. The van der Waals surface area contributed by atoms with Crippen LogP contribution in [0.2, 0.25) is 0 Å². The summed E-state index contributed by atoms with van der Waals surface area (Å²) in [6, 6.07) is 5.94. The highest BCUT2D eigenvalue weighted by Gasteiger charge is 2.20. The molecule has 1 aliphatic carbocycles. The summed E-state index contributed by atoms with van der Waals surface area (Å²) in [6.45, 7) is 2.65. The van der Waals surface area contributed by atoms with Crippen LogP contribution in [0, 0.1) is 6.92 Å². The zero-order valence-corrected chi connectivity index (χ0v) is 13.0. The van der Waals surface area contributed by atoms with Crippen molar-refractivity contribution in [2.24, 2.45) is 0 Å². The molecule has 4 rings (SSSR count). The Bertz CT molecular complexity index is 824. The molecular weight excluding hydrogens is 288 g/mol. The lowest BCUT2D eigenvalue weighted by atomic mass is 10.2. The van der Waals surface area contributed by atoms with Crippen LogP contribution < -0.4 is 5.32 Å². The van der Waals surface area contributed by atoms with Crippen LogP contribution in [0.25, 0.3) is 11.4 Å². The molecule has 23 heavy (non-hydrogen) atoms. The molecule has 0 spiro atoms. The second-order valence-electron chi connectivity index (χ2n) is 5.81. The van der Waals surface area contributed by atoms with E-state index in [1.807, 2.05) is 25.1 Å². The highest BCUT2D eigenvalue weighted by atomic mass is 15.1. The van der Waals surface area contributed by atoms with Gasteiger partial charge in [0, 0.05) is 34.9 Å². The molecule has 2 N–H and O–H groups in total. The van der Waals surface area contributed by atoms with Crippen LogP contribution in [0.3, 0.4) is 0 Å². The summed E-state index contributed by atoms with van der Waals surface area (Å²) >= 11 is 0. The Balaban J connectivity index is 1.66. The number of anilines is 1. The van der Waals surface area contributed by atoms with E-state index >= 15 is 0 Å². The molecule has 116 valence electrons. The van der Waals surface area contributed by atoms with Gasteiger partial charge in [-0.1, -0.05) is 0 Å². The minimum Gasteiger partial charge on any atom is -0.364 e. The summed E-state index contributed by atoms with van der Waals surface area (Å²) < 4.78 is 0. The fraction of sp³-hybridized carbons (Fsp3) is 0.294. The van der Waals surface area contributed by atoms with Gasteiger partial charge in [-0.05, 0) is 44.4 Å². The molecule has 0 saturated carbocycles. The monoisotopic (exact) mass is 306 g/mol. The van der Waals surface area contributed by atoms with Crippen molar-refractivity contribution in [2.75, 3.05) is 5.32 Å². The van der Waals surface area contributed by atoms with E-state index in [0.29, 0.717) is 6.54 Å². The van der Waals surface area contributed by atoms with Gasteiger partial charge in [-0.15, -0.1) is 0 Å². The summed E-state index contributed by atoms with van der Waals surface area (Å²) in [6.07, 6.45) is 6.75. The minimum absolute atomic E-state index is 0.653. The van der Waals surface area contributed by atoms with E-state index in [0.717, 1.165) is 53.5 Å². The molecule has 3 aromatic rings. The van der Waals surface area contributed by atoms with Gasteiger partial charge in [-0.2, -0.15) is 5.10 Å². The molecule has 6 nitrogen and oxygen atoms in total. The lowest BCUT2D eigenvalue weighted by Gasteiger charge is -2.11. The van der Waals surface area contributed by atoms with Crippen LogP contribution in [0.4, 0.5) is 5.82 Å². The highest BCUT2D eigenvalue weighted by Crippen LogP contribution is 2.29. The van der Waals surface area contributed by atoms with Crippen molar-refractivity contribution in [3.63, 3.8) is 0 Å². The van der Waals surface area contributed by atoms with Crippen LogP contribution in [0.1, 0.15) is 29.1 Å². The van der Waals surface area contributed by atoms with Gasteiger partial charge in [0.1, 0.15) is 5.82 Å². The summed E-state index contributed by atoms with van der Waals surface area (Å²) in [5.41, 5.74) is 5.38. The van der Waals surface area contributed by atoms with Crippen molar-refractivity contribution < 1.29 is 0 Å². The molecule has 0 bridgehead atoms. The van der Waals surface area contributed by atoms with Crippen LogP contribution >= 0.6 is 0 Å². The van der Waals surface area contributed by atoms with Gasteiger partial charge in [0.15, 0.2) is 5.82 Å². The third-order valence-electron chi connectivity index (χ3n) is 4.05. The van der Waals surface area contributed by atoms with E-state index < -0.39 is 0 Å². The van der Waals surface area contributed by atoms with Gasteiger partial charge in [0.05, 0.1) is 12.2 Å². The molecule has 0 radical (unpaired) electrons. The second-order valence-corrected chi connectivity index (χ2v) is 5.81. The normalized spacial score (nSPS) is 13.1. The first kappa shape index (κ1) is 13.9. The van der Waals surface area contributed by atoms with E-state index in [1.165, 1.54) is 5.56 Å². The number of rotatable bonds is 4. The maximum Gasteiger partial charge on any atom is 0.163 e. The number of pyridine rings is 1. The first-order valence-corrected chi connectivity index (χ1v) is 7.84. The van der Waals surface area contributed by atoms with E-state index in [2.05, 4.69) is 20.5 Å². The van der Waals surface area contributed by atoms with Gasteiger partial charge in [-0.3, -0.25) is 10.1 Å². The summed E-state index contributed by atoms with van der Waals surface area (Å²) in [4.78, 5) is 13.6. The van der Waals surface area contributed by atoms with Gasteiger partial charge < -0.3 is 5.32 Å². The third kappa shape index (κ3) is 2.79. The number of aromatic amines is 1. The summed E-state index contributed by atoms with van der Waals surface area (Å²) in [7, 11) is 0. The molecule has 1 aliphatic rings. The lowest BCUT2D eigenvalue weighted by Crippen LogP contribution is -2.07. The number of aryl methyl sites for hydroxylation is 2. The second kappa shape index (κ2) is 5.79. The number of hydrogen-bond acceptors (Lipinski definition) is 5. The number of H-pyrrole nitrogens is 1. The van der Waals surface area contributed by atoms with Crippen LogP contribution in [0.5, 0.6) is 0 Å². The van der Waals surface area contributed by atoms with Crippen molar-refractivity contribution in [3.05, 3.63) is 53.2 Å². The van der Waals surface area contributed by atoms with Gasteiger partial charge in [0.25, 0.3) is 0 Å². The third-order valence-corrected chi connectivity index (χ3v) is 4.05. The Labute approximate surface area is 134 Å². The maximum absolute atomic E-state index is 4.74. The average molecular weight is 306 g/mol. The Morgan fingerprint density at radius 1 is 1.26 bits per heavy atom. The molecule has 0 fully saturated rings. The Kier molecular flexibility index (Phi) is 3.49. The molecule has 0 saturated heterocycles. The predicted molar refractivity (Wildman–Crippen MR) is 87.9 cm³/mol. The molecule has 0 atom stereocenters. The molecule has 3 aromatic heterocycles. The lowest BCUT2D eigenvalue weighted by molar-refractivity contribution is 0.899. The van der Waals surface area contributed by atoms with Crippen LogP contribution in [0.15, 0.2) is 30.6 Å². The van der Waals surface area contributed by atoms with Crippen molar-refractivity contribution in [1.29, 1.82) is 0 Å². The number of aromatic nitrogens is 5. The van der Waals surface area contributed by atoms with Gasteiger partial charge in [-0.25, -0.2) is 9.97 Å². The molecule has 0 unspecified atom stereocenters. The number of nitrogens with zero attached hydrogens (tertiary/aromatic N) is 4. The predicted octanol–water partition coefficient (Wildman–Crippen LogP) is 2.67. The van der Waals surface area contributed by atoms with E-state index in [-0.39, 0.29) is 0 Å². The minimum atomic E-state index is 0.653. The smallest absolute Gasteiger partial charge is 0.163 e. The largest absolute Gasteiger partial charge is 0.364 e. The molecular formula is C17H18N6. The highest BCUT2D eigenvalue weighted by molar-refractivity contribution is 5.59. The van der Waals surface area contributed by atoms with Crippen molar-refractivity contribution >= 4 is 5.82 Å². The maximum atomic E-state index is 4.74. The van der Waals surface area contributed by atoms with Crippen LogP contribution in [-0.4, -0.2) is 25.1 Å². The van der Waals surface area contributed by atoms with E-state index in [4.69, 9.17) is 9.97 Å². The number of fused-ring (bicyclic) bond motifs is 1. The SMILES string of the molecule is Cc1cc(CNc2nc(-c3cccnc3)nc3c2CCC3)n[nH]1. The van der Waals surface area contributed by atoms with Gasteiger partial charge in [0.2, 0.25) is 0 Å². The Morgan fingerprint density at radius 3 is 3.00 bits per heavy atom. The Morgan fingerprint density at radius 2 is 2.22 bits per heavy atom. The van der Waals surface area contributed by atoms with Gasteiger partial charge >= 0.3 is 0 Å². The van der Waals surface area contributed by atoms with Crippen molar-refractivity contribution in [1.82, 2.24) is 25.1 Å². The van der Waals surface area contributed by atoms with Crippen molar-refractivity contribution in [2.45, 2.75) is 32.7 Å². The van der Waals surface area contributed by atoms with E-state index in [9.17, 15) is 0 Å². The van der Waals surface area contributed by atoms with Crippen LogP contribution in [-0.2, 0) is 19.4 Å². The Hall–Kier alpha value is -2.76. The quantitative estimate of drug-likeness (QED) is 0.774. The molecule has 0 amide bonds. The average Bonchev–Trinajstić information content (AvgIpc) is 3.22. The molecule has 6 heteroatoms. The first-order chi connectivity index (χ1) is 11.3. The topological polar surface area (TPSA) is 79.4 Å². The number of hydrogen-bond donors (Lipinski definition) is 2. The zero-order valence-electron chi connectivity index (χ0n) is 13.0. The molecule has 3 heterocycles. The van der Waals surface area contributed by atoms with Crippen molar-refractivity contribution in [3.8, 4) is 11.4 Å².